The lowest BCUT2D eigenvalue weighted by Crippen LogP contribution is -1.81. The molecule has 0 fully saturated rings. The van der Waals surface area contributed by atoms with Crippen molar-refractivity contribution < 1.29 is 0 Å². The molecule has 0 aliphatic heterocycles. The van der Waals surface area contributed by atoms with Gasteiger partial charge in [0.15, 0.2) is 0 Å². The van der Waals surface area contributed by atoms with Crippen LogP contribution in [0.5, 0.6) is 0 Å². The molecular formula is C23H40S. The van der Waals surface area contributed by atoms with Crippen LogP contribution in [0, 0.1) is 0 Å². The van der Waals surface area contributed by atoms with Crippen LogP contribution in [-0.2, 0) is 0 Å². The normalized spacial score (nSPS) is 12.6. The average Bonchev–Trinajstić information content (AvgIpc) is 2.60. The zero-order valence-corrected chi connectivity index (χ0v) is 17.0. The smallest absolute Gasteiger partial charge is 0.00674 e. The lowest BCUT2D eigenvalue weighted by atomic mass is 10.2. The van der Waals surface area contributed by atoms with Gasteiger partial charge in [0, 0.05) is 0 Å². The van der Waals surface area contributed by atoms with Gasteiger partial charge in [-0.3, -0.25) is 0 Å². The molecule has 0 aliphatic carbocycles. The minimum atomic E-state index is 1.06. The fourth-order valence-electron chi connectivity index (χ4n) is 2.27. The van der Waals surface area contributed by atoms with Crippen LogP contribution in [0.25, 0.3) is 0 Å². The van der Waals surface area contributed by atoms with Crippen molar-refractivity contribution in [1.82, 2.24) is 0 Å². The molecule has 24 heavy (non-hydrogen) atoms. The molecule has 0 bridgehead atoms. The van der Waals surface area contributed by atoms with E-state index in [9.17, 15) is 0 Å². The largest absolute Gasteiger partial charge is 0.162 e. The molecule has 0 rings (SSSR count). The lowest BCUT2D eigenvalue weighted by Gasteiger charge is -1.97. The molecule has 0 N–H and O–H groups in total. The van der Waals surface area contributed by atoms with Gasteiger partial charge < -0.3 is 0 Å². The number of rotatable bonds is 17. The van der Waals surface area contributed by atoms with E-state index >= 15 is 0 Å². The fraction of sp³-hybridized carbons (Fsp3) is 0.652. The number of unbranched alkanes of at least 4 members (excludes halogenated alkanes) is 5. The van der Waals surface area contributed by atoms with Crippen LogP contribution in [0.4, 0.5) is 0 Å². The molecule has 0 heterocycles. The van der Waals surface area contributed by atoms with Crippen molar-refractivity contribution in [3.8, 4) is 0 Å². The standard InChI is InChI=1S/C23H40S/c1-3-5-6-7-8-9-10-11-12-13-14-15-16-17-18-19-20-21-23-24-22-4-2/h8-9,11-12,14-15,17-18H,3-7,10,13,16,19-23H2,1-2H3. The van der Waals surface area contributed by atoms with Crippen LogP contribution in [0.3, 0.4) is 0 Å². The van der Waals surface area contributed by atoms with E-state index in [0.717, 1.165) is 19.3 Å². The Bertz CT molecular complexity index is 336. The molecule has 0 amide bonds. The predicted molar refractivity (Wildman–Crippen MR) is 116 cm³/mol. The van der Waals surface area contributed by atoms with E-state index in [-0.39, 0.29) is 0 Å². The minimum Gasteiger partial charge on any atom is -0.162 e. The van der Waals surface area contributed by atoms with E-state index in [1.165, 1.54) is 62.9 Å². The van der Waals surface area contributed by atoms with E-state index in [1.807, 2.05) is 0 Å². The van der Waals surface area contributed by atoms with E-state index in [0.29, 0.717) is 0 Å². The summed E-state index contributed by atoms with van der Waals surface area (Å²) in [4.78, 5) is 0. The van der Waals surface area contributed by atoms with Crippen molar-refractivity contribution in [2.75, 3.05) is 11.5 Å². The summed E-state index contributed by atoms with van der Waals surface area (Å²) in [6, 6.07) is 0. The van der Waals surface area contributed by atoms with E-state index in [1.54, 1.807) is 0 Å². The Morgan fingerprint density at radius 2 is 1.00 bits per heavy atom. The van der Waals surface area contributed by atoms with Gasteiger partial charge in [0.2, 0.25) is 0 Å². The molecule has 0 saturated carbocycles. The Hall–Kier alpha value is -0.690. The summed E-state index contributed by atoms with van der Waals surface area (Å²) < 4.78 is 0. The highest BCUT2D eigenvalue weighted by Gasteiger charge is 1.87. The molecule has 0 spiro atoms. The van der Waals surface area contributed by atoms with Crippen molar-refractivity contribution in [2.45, 2.75) is 84.5 Å². The van der Waals surface area contributed by atoms with Gasteiger partial charge in [-0.15, -0.1) is 0 Å². The van der Waals surface area contributed by atoms with Crippen molar-refractivity contribution in [1.29, 1.82) is 0 Å². The summed E-state index contributed by atoms with van der Waals surface area (Å²) in [5.41, 5.74) is 0. The Morgan fingerprint density at radius 3 is 1.50 bits per heavy atom. The molecule has 0 unspecified atom stereocenters. The third kappa shape index (κ3) is 21.3. The van der Waals surface area contributed by atoms with Crippen LogP contribution >= 0.6 is 11.8 Å². The van der Waals surface area contributed by atoms with Gasteiger partial charge in [0.1, 0.15) is 0 Å². The Labute approximate surface area is 156 Å². The molecular weight excluding hydrogens is 308 g/mol. The van der Waals surface area contributed by atoms with Crippen LogP contribution in [-0.4, -0.2) is 11.5 Å². The summed E-state index contributed by atoms with van der Waals surface area (Å²) in [6.07, 6.45) is 32.1. The van der Waals surface area contributed by atoms with Gasteiger partial charge in [-0.1, -0.05) is 75.3 Å². The third-order valence-corrected chi connectivity index (χ3v) is 4.99. The molecule has 0 atom stereocenters. The molecule has 0 radical (unpaired) electrons. The molecule has 0 aliphatic rings. The Morgan fingerprint density at radius 1 is 0.500 bits per heavy atom. The number of allylic oxidation sites excluding steroid dienone is 8. The first-order chi connectivity index (χ1) is 11.9. The van der Waals surface area contributed by atoms with Crippen LogP contribution in [0.15, 0.2) is 48.6 Å². The highest BCUT2D eigenvalue weighted by Crippen LogP contribution is 2.07. The average molecular weight is 349 g/mol. The highest BCUT2D eigenvalue weighted by atomic mass is 32.2. The maximum Gasteiger partial charge on any atom is -0.00674 e. The molecule has 1 heteroatoms. The first kappa shape index (κ1) is 23.3. The topological polar surface area (TPSA) is 0 Å². The molecule has 138 valence electrons. The van der Waals surface area contributed by atoms with Gasteiger partial charge in [0.25, 0.3) is 0 Å². The predicted octanol–water partition coefficient (Wildman–Crippen LogP) is 8.28. The van der Waals surface area contributed by atoms with E-state index in [2.05, 4.69) is 74.2 Å². The van der Waals surface area contributed by atoms with Gasteiger partial charge in [0.05, 0.1) is 0 Å². The summed E-state index contributed by atoms with van der Waals surface area (Å²) in [6.45, 7) is 4.51. The zero-order valence-electron chi connectivity index (χ0n) is 16.2. The van der Waals surface area contributed by atoms with Crippen LogP contribution < -0.4 is 0 Å². The Balaban J connectivity index is 3.33. The Kier molecular flexibility index (Phi) is 21.7. The van der Waals surface area contributed by atoms with E-state index in [4.69, 9.17) is 0 Å². The molecule has 0 aromatic carbocycles. The van der Waals surface area contributed by atoms with Gasteiger partial charge >= 0.3 is 0 Å². The molecule has 0 aromatic heterocycles. The second kappa shape index (κ2) is 22.3. The minimum absolute atomic E-state index is 1.06. The summed E-state index contributed by atoms with van der Waals surface area (Å²) >= 11 is 2.10. The molecule has 0 nitrogen and oxygen atoms in total. The second-order valence-electron chi connectivity index (χ2n) is 6.20. The van der Waals surface area contributed by atoms with Crippen molar-refractivity contribution in [3.63, 3.8) is 0 Å². The van der Waals surface area contributed by atoms with Gasteiger partial charge in [-0.25, -0.2) is 0 Å². The quantitative estimate of drug-likeness (QED) is 0.188. The van der Waals surface area contributed by atoms with Crippen molar-refractivity contribution in [3.05, 3.63) is 48.6 Å². The van der Waals surface area contributed by atoms with Gasteiger partial charge in [-0.05, 0) is 69.3 Å². The number of hydrogen-bond donors (Lipinski definition) is 0. The monoisotopic (exact) mass is 348 g/mol. The van der Waals surface area contributed by atoms with Crippen LogP contribution in [0.2, 0.25) is 0 Å². The SMILES string of the molecule is CCCCCC=CCC=CCC=CCC=CCCCCSCCC. The van der Waals surface area contributed by atoms with Crippen LogP contribution in [0.1, 0.15) is 84.5 Å². The molecule has 0 saturated heterocycles. The number of thioether (sulfide) groups is 1. The van der Waals surface area contributed by atoms with Crippen molar-refractivity contribution in [2.24, 2.45) is 0 Å². The maximum atomic E-state index is 2.34. The fourth-order valence-corrected chi connectivity index (χ4v) is 3.17. The van der Waals surface area contributed by atoms with Crippen molar-refractivity contribution >= 4 is 11.8 Å². The summed E-state index contributed by atoms with van der Waals surface area (Å²) in [5.74, 6) is 2.66. The zero-order chi connectivity index (χ0) is 17.6. The third-order valence-electron chi connectivity index (χ3n) is 3.72. The highest BCUT2D eigenvalue weighted by molar-refractivity contribution is 7.99. The first-order valence-electron chi connectivity index (χ1n) is 10.1. The molecule has 0 aromatic rings. The second-order valence-corrected chi connectivity index (χ2v) is 7.42. The summed E-state index contributed by atoms with van der Waals surface area (Å²) in [7, 11) is 0. The summed E-state index contributed by atoms with van der Waals surface area (Å²) in [5, 5.41) is 0. The maximum absolute atomic E-state index is 2.34. The number of hydrogen-bond acceptors (Lipinski definition) is 1. The van der Waals surface area contributed by atoms with E-state index < -0.39 is 0 Å². The first-order valence-corrected chi connectivity index (χ1v) is 11.2. The lowest BCUT2D eigenvalue weighted by molar-refractivity contribution is 0.728. The van der Waals surface area contributed by atoms with Gasteiger partial charge in [-0.2, -0.15) is 11.8 Å².